The fraction of sp³-hybridized carbons (Fsp3) is 0.316. The molecule has 28 heavy (non-hydrogen) atoms. The van der Waals surface area contributed by atoms with Crippen molar-refractivity contribution in [3.05, 3.63) is 54.6 Å². The predicted octanol–water partition coefficient (Wildman–Crippen LogP) is 1.73. The number of aromatic nitrogens is 5. The second-order valence-corrected chi connectivity index (χ2v) is 6.50. The van der Waals surface area contributed by atoms with Gasteiger partial charge in [0.15, 0.2) is 0 Å². The topological polar surface area (TPSA) is 106 Å². The summed E-state index contributed by atoms with van der Waals surface area (Å²) in [7, 11) is 0. The molecule has 3 aromatic rings. The molecule has 4 heterocycles. The highest BCUT2D eigenvalue weighted by molar-refractivity contribution is 5.88. The van der Waals surface area contributed by atoms with Crippen molar-refractivity contribution in [3.8, 4) is 11.4 Å². The Morgan fingerprint density at radius 3 is 2.93 bits per heavy atom. The third-order valence-corrected chi connectivity index (χ3v) is 4.49. The first-order valence-electron chi connectivity index (χ1n) is 9.06. The van der Waals surface area contributed by atoms with Gasteiger partial charge in [-0.3, -0.25) is 9.67 Å². The summed E-state index contributed by atoms with van der Waals surface area (Å²) in [6, 6.07) is 6.59. The zero-order valence-corrected chi connectivity index (χ0v) is 15.2. The molecule has 0 aromatic carbocycles. The smallest absolute Gasteiger partial charge is 0.335 e. The second kappa shape index (κ2) is 8.13. The molecule has 4 rings (SSSR count). The Labute approximate surface area is 161 Å². The fourth-order valence-electron chi connectivity index (χ4n) is 3.15. The highest BCUT2D eigenvalue weighted by Gasteiger charge is 2.22. The summed E-state index contributed by atoms with van der Waals surface area (Å²) < 4.78 is 7.80. The second-order valence-electron chi connectivity index (χ2n) is 6.50. The van der Waals surface area contributed by atoms with Crippen LogP contribution in [0.5, 0.6) is 0 Å². The summed E-state index contributed by atoms with van der Waals surface area (Å²) >= 11 is 0. The van der Waals surface area contributed by atoms with E-state index in [4.69, 9.17) is 4.74 Å². The van der Waals surface area contributed by atoms with Crippen LogP contribution in [-0.2, 0) is 11.3 Å². The maximum absolute atomic E-state index is 11.2. The molecule has 0 unspecified atom stereocenters. The zero-order valence-electron chi connectivity index (χ0n) is 15.2. The fourth-order valence-corrected chi connectivity index (χ4v) is 3.15. The molecule has 0 saturated carbocycles. The Bertz CT molecular complexity index is 946. The van der Waals surface area contributed by atoms with Gasteiger partial charge in [-0.05, 0) is 30.7 Å². The quantitative estimate of drug-likeness (QED) is 0.713. The molecule has 1 fully saturated rings. The van der Waals surface area contributed by atoms with Crippen LogP contribution in [0.1, 0.15) is 16.8 Å². The Balaban J connectivity index is 1.56. The average Bonchev–Trinajstić information content (AvgIpc) is 3.12. The lowest BCUT2D eigenvalue weighted by Crippen LogP contribution is -2.35. The van der Waals surface area contributed by atoms with Gasteiger partial charge in [-0.15, -0.1) is 0 Å². The number of aromatic carboxylic acids is 1. The number of carboxylic acid groups (broad SMARTS) is 1. The van der Waals surface area contributed by atoms with Crippen molar-refractivity contribution in [2.24, 2.45) is 0 Å². The van der Waals surface area contributed by atoms with Crippen LogP contribution in [0.15, 0.2) is 49.1 Å². The van der Waals surface area contributed by atoms with Gasteiger partial charge in [0.05, 0.1) is 29.6 Å². The van der Waals surface area contributed by atoms with Crippen LogP contribution in [0.4, 0.5) is 5.95 Å². The minimum atomic E-state index is -0.996. The summed E-state index contributed by atoms with van der Waals surface area (Å²) in [5.74, 6) is -0.417. The first-order chi connectivity index (χ1) is 13.7. The van der Waals surface area contributed by atoms with E-state index in [0.717, 1.165) is 13.0 Å². The monoisotopic (exact) mass is 380 g/mol. The van der Waals surface area contributed by atoms with Crippen LogP contribution in [-0.4, -0.2) is 61.6 Å². The Kier molecular flexibility index (Phi) is 5.24. The molecule has 144 valence electrons. The summed E-state index contributed by atoms with van der Waals surface area (Å²) in [4.78, 5) is 26.6. The van der Waals surface area contributed by atoms with E-state index < -0.39 is 5.97 Å². The van der Waals surface area contributed by atoms with Crippen molar-refractivity contribution in [3.63, 3.8) is 0 Å². The Hall–Kier alpha value is -3.33. The van der Waals surface area contributed by atoms with Gasteiger partial charge in [-0.2, -0.15) is 5.10 Å². The van der Waals surface area contributed by atoms with E-state index in [9.17, 15) is 9.90 Å². The first-order valence-corrected chi connectivity index (χ1v) is 9.06. The maximum Gasteiger partial charge on any atom is 0.335 e. The van der Waals surface area contributed by atoms with E-state index in [0.29, 0.717) is 37.0 Å². The van der Waals surface area contributed by atoms with Gasteiger partial charge in [0.1, 0.15) is 0 Å². The van der Waals surface area contributed by atoms with E-state index in [-0.39, 0.29) is 11.7 Å². The number of carboxylic acids is 1. The third kappa shape index (κ3) is 4.15. The minimum absolute atomic E-state index is 0.0249. The standard InChI is InChI=1S/C19H20N6O3/c26-18(27)14-3-6-20-17(11-14)16-4-7-21-19(23-16)24-8-2-10-28-15(12-24)13-25-9-1-5-22-25/h1,3-7,9,11,15H,2,8,10,12-13H2,(H,26,27)/t15-/m0/s1. The Morgan fingerprint density at radius 2 is 2.11 bits per heavy atom. The molecule has 0 bridgehead atoms. The minimum Gasteiger partial charge on any atom is -0.478 e. The zero-order chi connectivity index (χ0) is 19.3. The third-order valence-electron chi connectivity index (χ3n) is 4.49. The normalized spacial score (nSPS) is 17.3. The van der Waals surface area contributed by atoms with Gasteiger partial charge < -0.3 is 14.7 Å². The van der Waals surface area contributed by atoms with Gasteiger partial charge in [0.2, 0.25) is 5.95 Å². The summed E-state index contributed by atoms with van der Waals surface area (Å²) in [6.45, 7) is 2.75. The highest BCUT2D eigenvalue weighted by Crippen LogP contribution is 2.20. The van der Waals surface area contributed by atoms with Crippen molar-refractivity contribution in [1.29, 1.82) is 0 Å². The van der Waals surface area contributed by atoms with Crippen LogP contribution < -0.4 is 4.90 Å². The van der Waals surface area contributed by atoms with Gasteiger partial charge >= 0.3 is 5.97 Å². The van der Waals surface area contributed by atoms with Gasteiger partial charge in [0, 0.05) is 44.5 Å². The molecule has 1 N–H and O–H groups in total. The number of nitrogens with zero attached hydrogens (tertiary/aromatic N) is 6. The molecule has 3 aromatic heterocycles. The summed E-state index contributed by atoms with van der Waals surface area (Å²) in [5, 5.41) is 13.4. The predicted molar refractivity (Wildman–Crippen MR) is 101 cm³/mol. The molecule has 0 radical (unpaired) electrons. The van der Waals surface area contributed by atoms with Crippen molar-refractivity contribution < 1.29 is 14.6 Å². The lowest BCUT2D eigenvalue weighted by molar-refractivity contribution is 0.0543. The number of rotatable bonds is 5. The van der Waals surface area contributed by atoms with E-state index in [2.05, 4.69) is 25.0 Å². The molecule has 1 saturated heterocycles. The van der Waals surface area contributed by atoms with E-state index in [1.165, 1.54) is 18.3 Å². The van der Waals surface area contributed by atoms with Crippen molar-refractivity contribution in [1.82, 2.24) is 24.7 Å². The van der Waals surface area contributed by atoms with Crippen LogP contribution >= 0.6 is 0 Å². The number of pyridine rings is 1. The number of ether oxygens (including phenoxy) is 1. The number of hydrogen-bond acceptors (Lipinski definition) is 7. The number of hydrogen-bond donors (Lipinski definition) is 1. The first kappa shape index (κ1) is 18.1. The van der Waals surface area contributed by atoms with Crippen molar-refractivity contribution in [2.75, 3.05) is 24.6 Å². The molecule has 9 nitrogen and oxygen atoms in total. The highest BCUT2D eigenvalue weighted by atomic mass is 16.5. The molecular weight excluding hydrogens is 360 g/mol. The Morgan fingerprint density at radius 1 is 1.21 bits per heavy atom. The molecule has 0 spiro atoms. The van der Waals surface area contributed by atoms with Crippen LogP contribution in [0, 0.1) is 0 Å². The molecule has 9 heteroatoms. The molecule has 1 aliphatic heterocycles. The van der Waals surface area contributed by atoms with Gasteiger partial charge in [0.25, 0.3) is 0 Å². The SMILES string of the molecule is O=C(O)c1ccnc(-c2ccnc(N3CCCO[C@H](Cn4cccn4)C3)n2)c1. The molecule has 1 atom stereocenters. The molecule has 0 aliphatic carbocycles. The maximum atomic E-state index is 11.2. The summed E-state index contributed by atoms with van der Waals surface area (Å²) in [6.07, 6.45) is 7.65. The van der Waals surface area contributed by atoms with E-state index >= 15 is 0 Å². The molecular formula is C19H20N6O3. The number of carbonyl (C=O) groups is 1. The average molecular weight is 380 g/mol. The van der Waals surface area contributed by atoms with Crippen LogP contribution in [0.2, 0.25) is 0 Å². The largest absolute Gasteiger partial charge is 0.478 e. The van der Waals surface area contributed by atoms with Crippen molar-refractivity contribution >= 4 is 11.9 Å². The van der Waals surface area contributed by atoms with Crippen LogP contribution in [0.3, 0.4) is 0 Å². The lowest BCUT2D eigenvalue weighted by Gasteiger charge is -2.24. The van der Waals surface area contributed by atoms with Gasteiger partial charge in [-0.1, -0.05) is 0 Å². The van der Waals surface area contributed by atoms with Crippen molar-refractivity contribution in [2.45, 2.75) is 19.1 Å². The van der Waals surface area contributed by atoms with Crippen LogP contribution in [0.25, 0.3) is 11.4 Å². The molecule has 1 aliphatic rings. The van der Waals surface area contributed by atoms with E-state index in [1.807, 2.05) is 16.9 Å². The van der Waals surface area contributed by atoms with E-state index in [1.54, 1.807) is 18.5 Å². The number of anilines is 1. The lowest BCUT2D eigenvalue weighted by atomic mass is 10.2. The molecule has 0 amide bonds. The van der Waals surface area contributed by atoms with Gasteiger partial charge in [-0.25, -0.2) is 14.8 Å². The summed E-state index contributed by atoms with van der Waals surface area (Å²) in [5.41, 5.74) is 1.26.